The summed E-state index contributed by atoms with van der Waals surface area (Å²) in [7, 11) is 1.70. The molecule has 1 amide bonds. The van der Waals surface area contributed by atoms with Crippen molar-refractivity contribution >= 4 is 39.3 Å². The number of amides is 1. The van der Waals surface area contributed by atoms with E-state index >= 15 is 0 Å². The molecule has 0 radical (unpaired) electrons. The third kappa shape index (κ3) is 5.78. The Hall–Kier alpha value is -2.65. The van der Waals surface area contributed by atoms with Crippen LogP contribution in [0.1, 0.15) is 23.7 Å². The van der Waals surface area contributed by atoms with Crippen molar-refractivity contribution in [2.75, 3.05) is 31.1 Å². The Labute approximate surface area is 217 Å². The maximum Gasteiger partial charge on any atom is 0.257 e. The second kappa shape index (κ2) is 11.0. The highest BCUT2D eigenvalue weighted by Gasteiger charge is 2.27. The minimum Gasteiger partial charge on any atom is -0.366 e. The molecule has 0 spiro atoms. The molecule has 2 heterocycles. The summed E-state index contributed by atoms with van der Waals surface area (Å²) in [5.41, 5.74) is 2.84. The Bertz CT molecular complexity index is 1270. The maximum atomic E-state index is 14.1. The Morgan fingerprint density at radius 1 is 1.11 bits per heavy atom. The normalized spacial score (nSPS) is 14.8. The average molecular weight is 560 g/mol. The molecule has 1 unspecified atom stereocenters. The molecule has 4 rings (SSSR count). The number of benzene rings is 2. The third-order valence-electron chi connectivity index (χ3n) is 6.26. The van der Waals surface area contributed by atoms with Gasteiger partial charge >= 0.3 is 0 Å². The van der Waals surface area contributed by atoms with Crippen LogP contribution in [0.5, 0.6) is 0 Å². The first-order chi connectivity index (χ1) is 16.7. The number of carbonyl (C=O) groups is 1. The van der Waals surface area contributed by atoms with Crippen LogP contribution in [0.15, 0.2) is 63.0 Å². The molecule has 0 saturated carbocycles. The molecule has 9 heteroatoms. The number of anilines is 1. The highest BCUT2D eigenvalue weighted by Crippen LogP contribution is 2.25. The van der Waals surface area contributed by atoms with E-state index in [1.165, 1.54) is 22.4 Å². The van der Waals surface area contributed by atoms with Gasteiger partial charge in [0, 0.05) is 55.4 Å². The van der Waals surface area contributed by atoms with E-state index in [-0.39, 0.29) is 17.3 Å². The first-order valence-electron chi connectivity index (χ1n) is 11.5. The molecule has 184 valence electrons. The molecule has 0 bridgehead atoms. The van der Waals surface area contributed by atoms with Gasteiger partial charge in [-0.25, -0.2) is 9.37 Å². The number of aryl methyl sites for hydroxylation is 1. The Kier molecular flexibility index (Phi) is 7.96. The third-order valence-corrected chi connectivity index (χ3v) is 7.92. The van der Waals surface area contributed by atoms with Crippen LogP contribution < -0.4 is 10.5 Å². The summed E-state index contributed by atoms with van der Waals surface area (Å²) >= 11 is 4.73. The van der Waals surface area contributed by atoms with E-state index in [9.17, 15) is 14.0 Å². The van der Waals surface area contributed by atoms with Crippen molar-refractivity contribution in [3.05, 3.63) is 86.0 Å². The van der Waals surface area contributed by atoms with Crippen LogP contribution in [0.25, 0.3) is 0 Å². The maximum absolute atomic E-state index is 14.1. The van der Waals surface area contributed by atoms with Gasteiger partial charge < -0.3 is 9.80 Å². The molecule has 1 atom stereocenters. The van der Waals surface area contributed by atoms with Crippen LogP contribution in [0.2, 0.25) is 0 Å². The molecular formula is C26H28BrFN4O2S. The smallest absolute Gasteiger partial charge is 0.257 e. The monoisotopic (exact) mass is 558 g/mol. The topological polar surface area (TPSA) is 58.4 Å². The zero-order valence-electron chi connectivity index (χ0n) is 20.0. The second-order valence-electron chi connectivity index (χ2n) is 8.65. The minimum absolute atomic E-state index is 0.00553. The molecular weight excluding hydrogens is 531 g/mol. The number of carbonyl (C=O) groups excluding carboxylic acids is 1. The van der Waals surface area contributed by atoms with Gasteiger partial charge in [-0.15, -0.1) is 0 Å². The van der Waals surface area contributed by atoms with Crippen molar-refractivity contribution in [1.82, 2.24) is 14.5 Å². The van der Waals surface area contributed by atoms with E-state index in [0.29, 0.717) is 54.7 Å². The zero-order valence-corrected chi connectivity index (χ0v) is 22.4. The molecule has 6 nitrogen and oxygen atoms in total. The van der Waals surface area contributed by atoms with Crippen LogP contribution in [0.3, 0.4) is 0 Å². The fourth-order valence-corrected chi connectivity index (χ4v) is 5.45. The van der Waals surface area contributed by atoms with Gasteiger partial charge in [0.25, 0.3) is 5.56 Å². The number of rotatable bonds is 6. The lowest BCUT2D eigenvalue weighted by molar-refractivity contribution is -0.130. The molecule has 1 aliphatic heterocycles. The van der Waals surface area contributed by atoms with Crippen LogP contribution >= 0.6 is 27.7 Å². The molecule has 1 fully saturated rings. The van der Waals surface area contributed by atoms with E-state index in [1.807, 2.05) is 54.0 Å². The number of piperazine rings is 1. The number of halogens is 2. The summed E-state index contributed by atoms with van der Waals surface area (Å²) in [6, 6.07) is 14.6. The number of thioether (sulfide) groups is 1. The Balaban J connectivity index is 1.41. The summed E-state index contributed by atoms with van der Waals surface area (Å²) in [6.07, 6.45) is 0.504. The van der Waals surface area contributed by atoms with Crippen LogP contribution in [-0.2, 0) is 18.3 Å². The van der Waals surface area contributed by atoms with Crippen LogP contribution in [0, 0.1) is 12.7 Å². The van der Waals surface area contributed by atoms with Gasteiger partial charge in [0.1, 0.15) is 5.82 Å². The minimum atomic E-state index is -0.398. The highest BCUT2D eigenvalue weighted by molar-refractivity contribution is 9.10. The number of hydrogen-bond donors (Lipinski definition) is 0. The van der Waals surface area contributed by atoms with Gasteiger partial charge in [-0.1, -0.05) is 52.0 Å². The van der Waals surface area contributed by atoms with E-state index in [1.54, 1.807) is 19.2 Å². The lowest BCUT2D eigenvalue weighted by atomic mass is 10.1. The van der Waals surface area contributed by atoms with E-state index in [2.05, 4.69) is 20.9 Å². The predicted molar refractivity (Wildman–Crippen MR) is 142 cm³/mol. The molecule has 1 aromatic heterocycles. The summed E-state index contributed by atoms with van der Waals surface area (Å²) in [5, 5.41) is 0.128. The van der Waals surface area contributed by atoms with Crippen LogP contribution in [0.4, 0.5) is 10.1 Å². The van der Waals surface area contributed by atoms with Gasteiger partial charge in [0.2, 0.25) is 5.91 Å². The van der Waals surface area contributed by atoms with Crippen molar-refractivity contribution < 1.29 is 9.18 Å². The first kappa shape index (κ1) is 25.4. The van der Waals surface area contributed by atoms with Gasteiger partial charge in [0.15, 0.2) is 5.16 Å². The zero-order chi connectivity index (χ0) is 25.1. The molecule has 1 saturated heterocycles. The van der Waals surface area contributed by atoms with Crippen molar-refractivity contribution in [1.29, 1.82) is 0 Å². The number of hydrogen-bond acceptors (Lipinski definition) is 5. The molecule has 2 aromatic carbocycles. The Morgan fingerprint density at radius 2 is 1.77 bits per heavy atom. The fourth-order valence-electron chi connectivity index (χ4n) is 4.19. The Morgan fingerprint density at radius 3 is 2.43 bits per heavy atom. The van der Waals surface area contributed by atoms with E-state index < -0.39 is 5.25 Å². The summed E-state index contributed by atoms with van der Waals surface area (Å²) < 4.78 is 16.6. The van der Waals surface area contributed by atoms with Crippen molar-refractivity contribution in [3.8, 4) is 0 Å². The van der Waals surface area contributed by atoms with Gasteiger partial charge in [-0.05, 0) is 43.7 Å². The largest absolute Gasteiger partial charge is 0.366 e. The van der Waals surface area contributed by atoms with Gasteiger partial charge in [-0.3, -0.25) is 14.2 Å². The second-order valence-corrected chi connectivity index (χ2v) is 10.9. The predicted octanol–water partition coefficient (Wildman–Crippen LogP) is 4.41. The summed E-state index contributed by atoms with van der Waals surface area (Å²) in [4.78, 5) is 34.7. The molecule has 3 aromatic rings. The van der Waals surface area contributed by atoms with Gasteiger partial charge in [0.05, 0.1) is 10.9 Å². The molecule has 35 heavy (non-hydrogen) atoms. The van der Waals surface area contributed by atoms with E-state index in [4.69, 9.17) is 0 Å². The van der Waals surface area contributed by atoms with Crippen molar-refractivity contribution in [3.63, 3.8) is 0 Å². The molecule has 1 aliphatic rings. The van der Waals surface area contributed by atoms with Crippen molar-refractivity contribution in [2.24, 2.45) is 7.05 Å². The SMILES string of the molecule is Cc1nc(SC(C)C(=O)N2CCN(c3ccccc3F)CC2)n(C)c(=O)c1Cc1ccc(Br)cc1. The number of nitrogens with zero attached hydrogens (tertiary/aromatic N) is 4. The standard InChI is InChI=1S/C26H28BrFN4O2S/c1-17-21(16-19-8-10-20(27)11-9-19)25(34)30(3)26(29-17)35-18(2)24(33)32-14-12-31(13-15-32)23-7-5-4-6-22(23)28/h4-11,18H,12-16H2,1-3H3. The lowest BCUT2D eigenvalue weighted by Crippen LogP contribution is -2.51. The number of para-hydroxylation sites is 1. The van der Waals surface area contributed by atoms with E-state index in [0.717, 1.165) is 10.0 Å². The summed E-state index contributed by atoms with van der Waals surface area (Å²) in [5.74, 6) is -0.254. The van der Waals surface area contributed by atoms with Crippen molar-refractivity contribution in [2.45, 2.75) is 30.7 Å². The molecule has 0 aliphatic carbocycles. The average Bonchev–Trinajstić information content (AvgIpc) is 2.86. The molecule has 0 N–H and O–H groups in total. The summed E-state index contributed by atoms with van der Waals surface area (Å²) in [6.45, 7) is 5.88. The first-order valence-corrected chi connectivity index (χ1v) is 13.2. The van der Waals surface area contributed by atoms with Crippen LogP contribution in [-0.4, -0.2) is 51.8 Å². The fraction of sp³-hybridized carbons (Fsp3) is 0.346. The lowest BCUT2D eigenvalue weighted by Gasteiger charge is -2.37. The number of aromatic nitrogens is 2. The highest BCUT2D eigenvalue weighted by atomic mass is 79.9. The van der Waals surface area contributed by atoms with Gasteiger partial charge in [-0.2, -0.15) is 0 Å². The quantitative estimate of drug-likeness (QED) is 0.331.